The summed E-state index contributed by atoms with van der Waals surface area (Å²) in [6.07, 6.45) is 1.89. The van der Waals surface area contributed by atoms with Gasteiger partial charge in [-0.15, -0.1) is 11.8 Å². The van der Waals surface area contributed by atoms with Gasteiger partial charge in [-0.3, -0.25) is 0 Å². The van der Waals surface area contributed by atoms with Gasteiger partial charge in [0.05, 0.1) is 6.04 Å². The van der Waals surface area contributed by atoms with Crippen LogP contribution in [0.15, 0.2) is 41.3 Å². The average molecular weight is 297 g/mol. The number of halogens is 3. The van der Waals surface area contributed by atoms with Gasteiger partial charge in [0.25, 0.3) is 0 Å². The number of benzene rings is 2. The summed E-state index contributed by atoms with van der Waals surface area (Å²) in [5.41, 5.74) is 0.585. The molecule has 0 amide bonds. The van der Waals surface area contributed by atoms with Gasteiger partial charge in [-0.1, -0.05) is 18.2 Å². The standard InChI is InChI=1S/C15H14F3NS/c1-19-15(10-5-3-4-6-13(10)20-2)14-11(17)7-9(16)8-12(14)18/h3-8,15,19H,1-2H3. The minimum Gasteiger partial charge on any atom is -0.309 e. The van der Waals surface area contributed by atoms with Crippen LogP contribution in [0.25, 0.3) is 0 Å². The number of nitrogens with one attached hydrogen (secondary N) is 1. The molecule has 0 aliphatic carbocycles. The summed E-state index contributed by atoms with van der Waals surface area (Å²) in [5, 5.41) is 2.89. The van der Waals surface area contributed by atoms with Crippen LogP contribution in [-0.4, -0.2) is 13.3 Å². The fraction of sp³-hybridized carbons (Fsp3) is 0.200. The van der Waals surface area contributed by atoms with Crippen molar-refractivity contribution in [1.29, 1.82) is 0 Å². The van der Waals surface area contributed by atoms with E-state index in [1.165, 1.54) is 11.8 Å². The Balaban J connectivity index is 2.59. The van der Waals surface area contributed by atoms with E-state index in [0.29, 0.717) is 12.1 Å². The van der Waals surface area contributed by atoms with Crippen LogP contribution < -0.4 is 5.32 Å². The SMILES string of the molecule is CNC(c1ccccc1SC)c1c(F)cc(F)cc1F. The van der Waals surface area contributed by atoms with E-state index < -0.39 is 23.5 Å². The third-order valence-electron chi connectivity index (χ3n) is 3.07. The van der Waals surface area contributed by atoms with Crippen LogP contribution in [0.3, 0.4) is 0 Å². The third kappa shape index (κ3) is 2.83. The second-order valence-corrected chi connectivity index (χ2v) is 5.09. The number of hydrogen-bond donors (Lipinski definition) is 1. The second-order valence-electron chi connectivity index (χ2n) is 4.25. The highest BCUT2D eigenvalue weighted by Crippen LogP contribution is 2.32. The molecule has 0 heterocycles. The lowest BCUT2D eigenvalue weighted by Gasteiger charge is -2.21. The molecule has 0 bridgehead atoms. The predicted molar refractivity (Wildman–Crippen MR) is 75.4 cm³/mol. The molecular weight excluding hydrogens is 283 g/mol. The van der Waals surface area contributed by atoms with Gasteiger partial charge in [0.15, 0.2) is 0 Å². The van der Waals surface area contributed by atoms with Crippen molar-refractivity contribution in [2.24, 2.45) is 0 Å². The lowest BCUT2D eigenvalue weighted by Crippen LogP contribution is -2.21. The summed E-state index contributed by atoms with van der Waals surface area (Å²) in [5.74, 6) is -2.70. The molecular formula is C15H14F3NS. The molecule has 0 spiro atoms. The first-order valence-corrected chi connectivity index (χ1v) is 7.25. The van der Waals surface area contributed by atoms with Gasteiger partial charge >= 0.3 is 0 Å². The van der Waals surface area contributed by atoms with Gasteiger partial charge < -0.3 is 5.32 Å². The van der Waals surface area contributed by atoms with Gasteiger partial charge in [0, 0.05) is 22.6 Å². The zero-order valence-corrected chi connectivity index (χ0v) is 11.9. The summed E-state index contributed by atoms with van der Waals surface area (Å²) >= 11 is 1.49. The molecule has 0 aromatic heterocycles. The molecule has 1 atom stereocenters. The molecule has 1 unspecified atom stereocenters. The largest absolute Gasteiger partial charge is 0.309 e. The van der Waals surface area contributed by atoms with Crippen LogP contribution in [0, 0.1) is 17.5 Å². The zero-order chi connectivity index (χ0) is 14.7. The van der Waals surface area contributed by atoms with Gasteiger partial charge in [-0.2, -0.15) is 0 Å². The Bertz CT molecular complexity index is 593. The maximum Gasteiger partial charge on any atom is 0.134 e. The van der Waals surface area contributed by atoms with Crippen LogP contribution >= 0.6 is 11.8 Å². The summed E-state index contributed by atoms with van der Waals surface area (Å²) in [6.45, 7) is 0. The fourth-order valence-corrected chi connectivity index (χ4v) is 2.83. The van der Waals surface area contributed by atoms with E-state index in [1.807, 2.05) is 18.4 Å². The Labute approximate surface area is 120 Å². The van der Waals surface area contributed by atoms with Crippen molar-refractivity contribution in [2.75, 3.05) is 13.3 Å². The number of hydrogen-bond acceptors (Lipinski definition) is 2. The van der Waals surface area contributed by atoms with E-state index in [4.69, 9.17) is 0 Å². The number of thioether (sulfide) groups is 1. The van der Waals surface area contributed by atoms with Gasteiger partial charge in [0.1, 0.15) is 17.5 Å². The lowest BCUT2D eigenvalue weighted by atomic mass is 9.97. The molecule has 2 rings (SSSR count). The number of rotatable bonds is 4. The quantitative estimate of drug-likeness (QED) is 0.851. The maximum absolute atomic E-state index is 13.9. The Morgan fingerprint density at radius 2 is 1.65 bits per heavy atom. The summed E-state index contributed by atoms with van der Waals surface area (Å²) in [4.78, 5) is 0.912. The van der Waals surface area contributed by atoms with Gasteiger partial charge in [-0.05, 0) is 24.9 Å². The molecule has 0 radical (unpaired) electrons. The summed E-state index contributed by atoms with van der Waals surface area (Å²) < 4.78 is 40.9. The average Bonchev–Trinajstić information content (AvgIpc) is 2.42. The first kappa shape index (κ1) is 14.9. The van der Waals surface area contributed by atoms with E-state index >= 15 is 0 Å². The molecule has 2 aromatic carbocycles. The van der Waals surface area contributed by atoms with E-state index in [9.17, 15) is 13.2 Å². The highest BCUT2D eigenvalue weighted by molar-refractivity contribution is 7.98. The molecule has 0 saturated carbocycles. The summed E-state index contributed by atoms with van der Waals surface area (Å²) in [6, 6.07) is 8.07. The van der Waals surface area contributed by atoms with Crippen LogP contribution in [0.5, 0.6) is 0 Å². The van der Waals surface area contributed by atoms with E-state index in [0.717, 1.165) is 10.5 Å². The van der Waals surface area contributed by atoms with Gasteiger partial charge in [0.2, 0.25) is 0 Å². The van der Waals surface area contributed by atoms with Crippen molar-refractivity contribution in [3.05, 3.63) is 65.0 Å². The first-order valence-electron chi connectivity index (χ1n) is 6.03. The van der Waals surface area contributed by atoms with Crippen LogP contribution in [0.4, 0.5) is 13.2 Å². The third-order valence-corrected chi connectivity index (χ3v) is 3.88. The van der Waals surface area contributed by atoms with Crippen molar-refractivity contribution in [1.82, 2.24) is 5.32 Å². The van der Waals surface area contributed by atoms with E-state index in [-0.39, 0.29) is 5.56 Å². The van der Waals surface area contributed by atoms with Crippen LogP contribution in [0.1, 0.15) is 17.2 Å². The highest BCUT2D eigenvalue weighted by atomic mass is 32.2. The van der Waals surface area contributed by atoms with Crippen LogP contribution in [0.2, 0.25) is 0 Å². The minimum absolute atomic E-state index is 0.171. The topological polar surface area (TPSA) is 12.0 Å². The normalized spacial score (nSPS) is 12.4. The molecule has 0 saturated heterocycles. The monoisotopic (exact) mass is 297 g/mol. The molecule has 1 nitrogen and oxygen atoms in total. The van der Waals surface area contributed by atoms with Crippen molar-refractivity contribution < 1.29 is 13.2 Å². The first-order chi connectivity index (χ1) is 9.58. The maximum atomic E-state index is 13.9. The van der Waals surface area contributed by atoms with Crippen molar-refractivity contribution in [3.8, 4) is 0 Å². The molecule has 0 aliphatic heterocycles. The zero-order valence-electron chi connectivity index (χ0n) is 11.1. The minimum atomic E-state index is -0.920. The molecule has 1 N–H and O–H groups in total. The molecule has 106 valence electrons. The Kier molecular flexibility index (Phi) is 4.73. The molecule has 20 heavy (non-hydrogen) atoms. The van der Waals surface area contributed by atoms with E-state index in [2.05, 4.69) is 5.32 Å². The van der Waals surface area contributed by atoms with E-state index in [1.54, 1.807) is 19.2 Å². The van der Waals surface area contributed by atoms with Crippen molar-refractivity contribution in [3.63, 3.8) is 0 Å². The fourth-order valence-electron chi connectivity index (χ4n) is 2.19. The molecule has 2 aromatic rings. The Morgan fingerprint density at radius 1 is 1.05 bits per heavy atom. The predicted octanol–water partition coefficient (Wildman–Crippen LogP) is 4.13. The highest BCUT2D eigenvalue weighted by Gasteiger charge is 2.23. The second kappa shape index (κ2) is 6.33. The van der Waals surface area contributed by atoms with Gasteiger partial charge in [-0.25, -0.2) is 13.2 Å². The molecule has 5 heteroatoms. The summed E-state index contributed by atoms with van der Waals surface area (Å²) in [7, 11) is 1.62. The van der Waals surface area contributed by atoms with Crippen molar-refractivity contribution >= 4 is 11.8 Å². The van der Waals surface area contributed by atoms with Crippen LogP contribution in [-0.2, 0) is 0 Å². The van der Waals surface area contributed by atoms with Crippen molar-refractivity contribution in [2.45, 2.75) is 10.9 Å². The Hall–Kier alpha value is -1.46. The smallest absolute Gasteiger partial charge is 0.134 e. The molecule has 0 aliphatic rings. The lowest BCUT2D eigenvalue weighted by molar-refractivity contribution is 0.498. The Morgan fingerprint density at radius 3 is 2.20 bits per heavy atom. The molecule has 0 fully saturated rings.